The van der Waals surface area contributed by atoms with Gasteiger partial charge in [0.05, 0.1) is 11.4 Å². The van der Waals surface area contributed by atoms with Crippen molar-refractivity contribution < 1.29 is 4.42 Å². The van der Waals surface area contributed by atoms with Gasteiger partial charge in [0.1, 0.15) is 11.2 Å². The summed E-state index contributed by atoms with van der Waals surface area (Å²) in [7, 11) is 0. The summed E-state index contributed by atoms with van der Waals surface area (Å²) < 4.78 is 8.90. The van der Waals surface area contributed by atoms with E-state index in [1.807, 2.05) is 23.5 Å². The fourth-order valence-electron chi connectivity index (χ4n) is 9.33. The number of anilines is 3. The summed E-state index contributed by atoms with van der Waals surface area (Å²) in [5.74, 6) is 0. The number of para-hydroxylation sites is 3. The van der Waals surface area contributed by atoms with Crippen molar-refractivity contribution >= 4 is 81.3 Å². The maximum absolute atomic E-state index is 6.31. The van der Waals surface area contributed by atoms with Crippen LogP contribution in [0.3, 0.4) is 0 Å². The zero-order valence-electron chi connectivity index (χ0n) is 33.1. The molecule has 3 heteroatoms. The van der Waals surface area contributed by atoms with Crippen LogP contribution >= 0.6 is 11.3 Å². The smallest absolute Gasteiger partial charge is 0.136 e. The zero-order chi connectivity index (χ0) is 40.3. The van der Waals surface area contributed by atoms with E-state index in [1.165, 1.54) is 58.8 Å². The second kappa shape index (κ2) is 14.5. The summed E-state index contributed by atoms with van der Waals surface area (Å²) >= 11 is 1.86. The molecule has 0 radical (unpaired) electrons. The largest absolute Gasteiger partial charge is 0.456 e. The van der Waals surface area contributed by atoms with Gasteiger partial charge < -0.3 is 9.32 Å². The molecule has 0 saturated carbocycles. The number of hydrogen-bond acceptors (Lipinski definition) is 3. The molecule has 0 aliphatic rings. The van der Waals surface area contributed by atoms with Gasteiger partial charge in [-0.1, -0.05) is 170 Å². The Balaban J connectivity index is 1.08. The number of nitrogens with zero attached hydrogens (tertiary/aromatic N) is 1. The highest BCUT2D eigenvalue weighted by Crippen LogP contribution is 2.49. The first-order valence-electron chi connectivity index (χ1n) is 20.7. The molecule has 0 atom stereocenters. The van der Waals surface area contributed by atoms with Crippen LogP contribution < -0.4 is 4.90 Å². The van der Waals surface area contributed by atoms with Crippen LogP contribution in [0.2, 0.25) is 0 Å². The van der Waals surface area contributed by atoms with Gasteiger partial charge >= 0.3 is 0 Å². The molecule has 2 aromatic heterocycles. The van der Waals surface area contributed by atoms with Gasteiger partial charge in [0.2, 0.25) is 0 Å². The van der Waals surface area contributed by atoms with E-state index in [1.54, 1.807) is 0 Å². The third-order valence-corrected chi connectivity index (χ3v) is 13.2. The van der Waals surface area contributed by atoms with E-state index in [-0.39, 0.29) is 0 Å². The van der Waals surface area contributed by atoms with Crippen LogP contribution in [-0.2, 0) is 0 Å². The molecule has 12 rings (SSSR count). The van der Waals surface area contributed by atoms with Crippen molar-refractivity contribution in [1.29, 1.82) is 0 Å². The highest BCUT2D eigenvalue weighted by Gasteiger charge is 2.23. The lowest BCUT2D eigenvalue weighted by Gasteiger charge is -2.30. The molecule has 0 unspecified atom stereocenters. The highest BCUT2D eigenvalue weighted by molar-refractivity contribution is 7.25. The number of hydrogen-bond donors (Lipinski definition) is 0. The van der Waals surface area contributed by atoms with Crippen LogP contribution in [0.15, 0.2) is 229 Å². The normalized spacial score (nSPS) is 11.6. The second-order valence-corrected chi connectivity index (χ2v) is 16.7. The van der Waals surface area contributed by atoms with Crippen molar-refractivity contribution in [2.75, 3.05) is 4.90 Å². The Morgan fingerprint density at radius 1 is 0.328 bits per heavy atom. The predicted octanol–water partition coefficient (Wildman–Crippen LogP) is 17.2. The molecule has 0 aliphatic carbocycles. The van der Waals surface area contributed by atoms with Crippen molar-refractivity contribution in [3.05, 3.63) is 224 Å². The average molecular weight is 796 g/mol. The van der Waals surface area contributed by atoms with E-state index in [4.69, 9.17) is 4.42 Å². The van der Waals surface area contributed by atoms with Gasteiger partial charge in [0.25, 0.3) is 0 Å². The molecule has 0 amide bonds. The zero-order valence-corrected chi connectivity index (χ0v) is 33.9. The Morgan fingerprint density at radius 2 is 0.885 bits per heavy atom. The SMILES string of the molecule is c1ccc(-c2cccc3cccc(-c4ccccc4N(c4ccc(-c5ccc6c(c5)oc5ccccc56)cc4)c4ccccc4-c4cccc5sc6ccccc6c45)c23)cc1. The highest BCUT2D eigenvalue weighted by atomic mass is 32.1. The fraction of sp³-hybridized carbons (Fsp3) is 0. The Kier molecular flexibility index (Phi) is 8.39. The molecule has 0 saturated heterocycles. The summed E-state index contributed by atoms with van der Waals surface area (Å²) in [6.07, 6.45) is 0. The first-order valence-corrected chi connectivity index (χ1v) is 21.6. The third-order valence-electron chi connectivity index (χ3n) is 12.1. The fourth-order valence-corrected chi connectivity index (χ4v) is 10.5. The first kappa shape index (κ1) is 35.2. The monoisotopic (exact) mass is 795 g/mol. The van der Waals surface area contributed by atoms with Crippen LogP contribution in [0.5, 0.6) is 0 Å². The molecule has 0 N–H and O–H groups in total. The number of benzene rings is 10. The maximum Gasteiger partial charge on any atom is 0.136 e. The first-order chi connectivity index (χ1) is 30.3. The summed E-state index contributed by atoms with van der Waals surface area (Å²) in [5.41, 5.74) is 14.5. The van der Waals surface area contributed by atoms with E-state index >= 15 is 0 Å². The van der Waals surface area contributed by atoms with E-state index < -0.39 is 0 Å². The van der Waals surface area contributed by atoms with Crippen LogP contribution in [0, 0.1) is 0 Å². The molecule has 61 heavy (non-hydrogen) atoms. The molecule has 12 aromatic rings. The lowest BCUT2D eigenvalue weighted by molar-refractivity contribution is 0.669. The van der Waals surface area contributed by atoms with Crippen molar-refractivity contribution in [3.8, 4) is 44.5 Å². The molecule has 0 fully saturated rings. The van der Waals surface area contributed by atoms with E-state index in [0.717, 1.165) is 55.7 Å². The summed E-state index contributed by atoms with van der Waals surface area (Å²) in [6.45, 7) is 0. The van der Waals surface area contributed by atoms with Gasteiger partial charge in [0.15, 0.2) is 0 Å². The maximum atomic E-state index is 6.31. The van der Waals surface area contributed by atoms with Crippen LogP contribution in [0.1, 0.15) is 0 Å². The summed E-state index contributed by atoms with van der Waals surface area (Å²) in [4.78, 5) is 2.47. The second-order valence-electron chi connectivity index (χ2n) is 15.6. The summed E-state index contributed by atoms with van der Waals surface area (Å²) in [6, 6.07) is 81.3. The molecule has 2 heterocycles. The van der Waals surface area contributed by atoms with Gasteiger partial charge in [-0.15, -0.1) is 11.3 Å². The quantitative estimate of drug-likeness (QED) is 0.160. The van der Waals surface area contributed by atoms with E-state index in [9.17, 15) is 0 Å². The van der Waals surface area contributed by atoms with Crippen molar-refractivity contribution in [2.24, 2.45) is 0 Å². The Labute approximate surface area is 357 Å². The molecule has 10 aromatic carbocycles. The van der Waals surface area contributed by atoms with Gasteiger partial charge in [-0.25, -0.2) is 0 Å². The lowest BCUT2D eigenvalue weighted by Crippen LogP contribution is -2.12. The topological polar surface area (TPSA) is 16.4 Å². The minimum Gasteiger partial charge on any atom is -0.456 e. The molecule has 286 valence electrons. The molecule has 2 nitrogen and oxygen atoms in total. The van der Waals surface area contributed by atoms with Crippen LogP contribution in [0.25, 0.3) is 97.4 Å². The molecule has 0 spiro atoms. The van der Waals surface area contributed by atoms with Crippen molar-refractivity contribution in [3.63, 3.8) is 0 Å². The third kappa shape index (κ3) is 5.93. The van der Waals surface area contributed by atoms with Crippen molar-refractivity contribution in [2.45, 2.75) is 0 Å². The minimum atomic E-state index is 0.896. The number of rotatable bonds is 7. The predicted molar refractivity (Wildman–Crippen MR) is 261 cm³/mol. The minimum absolute atomic E-state index is 0.896. The number of thiophene rings is 1. The van der Waals surface area contributed by atoms with E-state index in [0.29, 0.717) is 0 Å². The molecular formula is C58H37NOS. The number of fused-ring (bicyclic) bond motifs is 7. The lowest BCUT2D eigenvalue weighted by atomic mass is 9.90. The summed E-state index contributed by atoms with van der Waals surface area (Å²) in [5, 5.41) is 7.30. The Morgan fingerprint density at radius 3 is 1.66 bits per heavy atom. The molecular weight excluding hydrogens is 759 g/mol. The van der Waals surface area contributed by atoms with E-state index in [2.05, 4.69) is 217 Å². The van der Waals surface area contributed by atoms with Crippen LogP contribution in [0.4, 0.5) is 17.1 Å². The Bertz CT molecular complexity index is 3590. The molecule has 0 aliphatic heterocycles. The Hall–Kier alpha value is -7.72. The van der Waals surface area contributed by atoms with Gasteiger partial charge in [-0.05, 0) is 98.8 Å². The number of furan rings is 1. The van der Waals surface area contributed by atoms with Crippen molar-refractivity contribution in [1.82, 2.24) is 0 Å². The van der Waals surface area contributed by atoms with Gasteiger partial charge in [-0.2, -0.15) is 0 Å². The van der Waals surface area contributed by atoms with Gasteiger partial charge in [0, 0.05) is 47.8 Å². The standard InChI is InChI=1S/C58H37NOS/c1-2-15-39(16-3-1)43-23-12-17-40-18-13-24-48(57(40)43)44-19-4-8-26-51(44)59(42-34-31-38(32-35-42)41-33-36-47-46-21-6-10-28-53(46)60-54(47)37-41)52-27-9-5-20-45(52)49-25-14-30-56-58(49)50-22-7-11-29-55(50)61-56/h1-37H. The average Bonchev–Trinajstić information content (AvgIpc) is 3.90. The van der Waals surface area contributed by atoms with Crippen LogP contribution in [-0.4, -0.2) is 0 Å². The molecule has 0 bridgehead atoms. The van der Waals surface area contributed by atoms with Gasteiger partial charge in [-0.3, -0.25) is 0 Å².